The first-order valence-electron chi connectivity index (χ1n) is 10.4. The van der Waals surface area contributed by atoms with Gasteiger partial charge in [-0.25, -0.2) is 0 Å². The zero-order chi connectivity index (χ0) is 23.6. The molecular weight excluding hydrogens is 438 g/mol. The molecule has 0 heterocycles. The van der Waals surface area contributed by atoms with Gasteiger partial charge in [0.1, 0.15) is 5.75 Å². The molecule has 0 saturated heterocycles. The van der Waals surface area contributed by atoms with Crippen molar-refractivity contribution in [1.29, 1.82) is 0 Å². The maximum Gasteiger partial charge on any atom is 0.306 e. The Hall–Kier alpha value is -3.58. The van der Waals surface area contributed by atoms with E-state index in [2.05, 4.69) is 29.6 Å². The molecule has 0 unspecified atom stereocenters. The van der Waals surface area contributed by atoms with Crippen LogP contribution in [-0.4, -0.2) is 31.4 Å². The molecule has 0 aliphatic heterocycles. The largest absolute Gasteiger partial charge is 0.497 e. The van der Waals surface area contributed by atoms with Gasteiger partial charge >= 0.3 is 5.97 Å². The maximum absolute atomic E-state index is 12.1. The Morgan fingerprint density at radius 2 is 1.42 bits per heavy atom. The summed E-state index contributed by atoms with van der Waals surface area (Å²) in [5.41, 5.74) is 2.28. The monoisotopic (exact) mass is 463 g/mol. The summed E-state index contributed by atoms with van der Waals surface area (Å²) in [6.07, 6.45) is -0.140. The molecule has 3 aromatic carbocycles. The van der Waals surface area contributed by atoms with Crippen LogP contribution in [0.1, 0.15) is 28.8 Å². The molecule has 33 heavy (non-hydrogen) atoms. The van der Waals surface area contributed by atoms with Crippen LogP contribution in [0.4, 0.5) is 5.69 Å². The number of esters is 1. The van der Waals surface area contributed by atoms with Crippen LogP contribution in [0.5, 0.6) is 5.75 Å². The summed E-state index contributed by atoms with van der Waals surface area (Å²) < 4.78 is 10.0. The predicted octanol–water partition coefficient (Wildman–Crippen LogP) is 5.30. The van der Waals surface area contributed by atoms with Crippen molar-refractivity contribution in [1.82, 2.24) is 0 Å². The van der Waals surface area contributed by atoms with Gasteiger partial charge in [0.15, 0.2) is 12.4 Å². The Kier molecular flexibility index (Phi) is 8.66. The van der Waals surface area contributed by atoms with Crippen LogP contribution in [0, 0.1) is 6.92 Å². The van der Waals surface area contributed by atoms with Crippen molar-refractivity contribution < 1.29 is 23.9 Å². The highest BCUT2D eigenvalue weighted by Crippen LogP contribution is 2.28. The first kappa shape index (κ1) is 24.1. The fourth-order valence-electron chi connectivity index (χ4n) is 2.87. The van der Waals surface area contributed by atoms with E-state index in [4.69, 9.17) is 9.47 Å². The van der Waals surface area contributed by atoms with Crippen molar-refractivity contribution in [2.24, 2.45) is 0 Å². The van der Waals surface area contributed by atoms with Gasteiger partial charge in [-0.15, -0.1) is 0 Å². The summed E-state index contributed by atoms with van der Waals surface area (Å²) in [6.45, 7) is 1.68. The summed E-state index contributed by atoms with van der Waals surface area (Å²) in [6, 6.07) is 22.3. The first-order valence-corrected chi connectivity index (χ1v) is 11.2. The number of amides is 1. The average Bonchev–Trinajstić information content (AvgIpc) is 2.84. The summed E-state index contributed by atoms with van der Waals surface area (Å²) in [5.74, 6) is -0.586. The number of hydrogen-bond donors (Lipinski definition) is 1. The highest BCUT2D eigenvalue weighted by atomic mass is 32.2. The average molecular weight is 464 g/mol. The van der Waals surface area contributed by atoms with E-state index in [1.165, 1.54) is 12.7 Å². The minimum atomic E-state index is -0.600. The SMILES string of the molecule is COc1ccc(C(=O)COC(=O)CCC(=O)Nc2ccc(Sc3ccc(C)cc3)cc2)cc1. The van der Waals surface area contributed by atoms with E-state index in [9.17, 15) is 14.4 Å². The Labute approximate surface area is 197 Å². The van der Waals surface area contributed by atoms with Gasteiger partial charge in [0.2, 0.25) is 5.91 Å². The van der Waals surface area contributed by atoms with Gasteiger partial charge in [0.25, 0.3) is 0 Å². The number of carbonyl (C=O) groups is 3. The zero-order valence-electron chi connectivity index (χ0n) is 18.5. The molecule has 0 fully saturated rings. The Morgan fingerprint density at radius 1 is 0.818 bits per heavy atom. The molecule has 0 aliphatic carbocycles. The van der Waals surface area contributed by atoms with E-state index in [1.54, 1.807) is 36.0 Å². The maximum atomic E-state index is 12.1. The molecule has 7 heteroatoms. The number of benzene rings is 3. The molecular formula is C26H25NO5S. The quantitative estimate of drug-likeness (QED) is 0.325. The minimum absolute atomic E-state index is 0.0323. The number of nitrogens with one attached hydrogen (secondary N) is 1. The Bertz CT molecular complexity index is 1090. The lowest BCUT2D eigenvalue weighted by Gasteiger charge is -2.08. The number of carbonyl (C=O) groups excluding carboxylic acids is 3. The van der Waals surface area contributed by atoms with Crippen molar-refractivity contribution in [2.45, 2.75) is 29.6 Å². The molecule has 6 nitrogen and oxygen atoms in total. The smallest absolute Gasteiger partial charge is 0.306 e. The fourth-order valence-corrected chi connectivity index (χ4v) is 3.68. The van der Waals surface area contributed by atoms with Gasteiger partial charge in [0, 0.05) is 27.5 Å². The second-order valence-electron chi connectivity index (χ2n) is 7.30. The lowest BCUT2D eigenvalue weighted by molar-refractivity contribution is -0.143. The number of ether oxygens (including phenoxy) is 2. The molecule has 3 rings (SSSR count). The summed E-state index contributed by atoms with van der Waals surface area (Å²) in [4.78, 5) is 38.3. The number of rotatable bonds is 10. The lowest BCUT2D eigenvalue weighted by Crippen LogP contribution is -2.17. The number of Topliss-reactive ketones (excluding diaryl/α,β-unsaturated/α-hetero) is 1. The molecule has 1 N–H and O–H groups in total. The molecule has 0 saturated carbocycles. The van der Waals surface area contributed by atoms with E-state index < -0.39 is 5.97 Å². The van der Waals surface area contributed by atoms with Crippen molar-refractivity contribution in [2.75, 3.05) is 19.0 Å². The molecule has 3 aromatic rings. The normalized spacial score (nSPS) is 10.4. The van der Waals surface area contributed by atoms with Crippen molar-refractivity contribution in [3.05, 3.63) is 83.9 Å². The van der Waals surface area contributed by atoms with E-state index in [1.807, 2.05) is 31.2 Å². The Morgan fingerprint density at radius 3 is 2.03 bits per heavy atom. The van der Waals surface area contributed by atoms with Crippen LogP contribution in [0.3, 0.4) is 0 Å². The van der Waals surface area contributed by atoms with E-state index in [-0.39, 0.29) is 31.1 Å². The molecule has 0 spiro atoms. The van der Waals surface area contributed by atoms with Gasteiger partial charge in [-0.3, -0.25) is 14.4 Å². The van der Waals surface area contributed by atoms with Gasteiger partial charge in [-0.05, 0) is 67.6 Å². The summed E-state index contributed by atoms with van der Waals surface area (Å²) >= 11 is 1.64. The minimum Gasteiger partial charge on any atom is -0.497 e. The van der Waals surface area contributed by atoms with Crippen LogP contribution in [0.15, 0.2) is 82.6 Å². The second kappa shape index (κ2) is 11.9. The Balaban J connectivity index is 1.38. The summed E-state index contributed by atoms with van der Waals surface area (Å²) in [7, 11) is 1.54. The van der Waals surface area contributed by atoms with Crippen molar-refractivity contribution in [3.8, 4) is 5.75 Å². The van der Waals surface area contributed by atoms with E-state index in [0.717, 1.165) is 9.79 Å². The molecule has 0 bridgehead atoms. The number of ketones is 1. The van der Waals surface area contributed by atoms with Crippen LogP contribution >= 0.6 is 11.8 Å². The molecule has 0 aliphatic rings. The second-order valence-corrected chi connectivity index (χ2v) is 8.45. The number of hydrogen-bond acceptors (Lipinski definition) is 6. The van der Waals surface area contributed by atoms with Crippen molar-refractivity contribution >= 4 is 35.1 Å². The third kappa shape index (κ3) is 7.80. The highest BCUT2D eigenvalue weighted by molar-refractivity contribution is 7.99. The van der Waals surface area contributed by atoms with Crippen molar-refractivity contribution in [3.63, 3.8) is 0 Å². The highest BCUT2D eigenvalue weighted by Gasteiger charge is 2.12. The number of aryl methyl sites for hydroxylation is 1. The van der Waals surface area contributed by atoms with Crippen LogP contribution in [0.2, 0.25) is 0 Å². The molecule has 0 atom stereocenters. The van der Waals surface area contributed by atoms with E-state index in [0.29, 0.717) is 17.0 Å². The third-order valence-electron chi connectivity index (χ3n) is 4.73. The molecule has 170 valence electrons. The van der Waals surface area contributed by atoms with Crippen LogP contribution < -0.4 is 10.1 Å². The molecule has 1 amide bonds. The standard InChI is InChI=1S/C26H25NO5S/c1-18-3-11-22(12-4-18)33-23-13-7-20(8-14-23)27-25(29)15-16-26(30)32-17-24(28)19-5-9-21(31-2)10-6-19/h3-14H,15-17H2,1-2H3,(H,27,29). The zero-order valence-corrected chi connectivity index (χ0v) is 19.3. The first-order chi connectivity index (χ1) is 15.9. The predicted molar refractivity (Wildman–Crippen MR) is 128 cm³/mol. The van der Waals surface area contributed by atoms with E-state index >= 15 is 0 Å². The number of anilines is 1. The van der Waals surface area contributed by atoms with Gasteiger partial charge < -0.3 is 14.8 Å². The van der Waals surface area contributed by atoms with Gasteiger partial charge in [0.05, 0.1) is 13.5 Å². The fraction of sp³-hybridized carbons (Fsp3) is 0.192. The summed E-state index contributed by atoms with van der Waals surface area (Å²) in [5, 5.41) is 2.76. The lowest BCUT2D eigenvalue weighted by atomic mass is 10.1. The van der Waals surface area contributed by atoms with Gasteiger partial charge in [-0.1, -0.05) is 29.5 Å². The van der Waals surface area contributed by atoms with Crippen LogP contribution in [-0.2, 0) is 14.3 Å². The van der Waals surface area contributed by atoms with Gasteiger partial charge in [-0.2, -0.15) is 0 Å². The molecule has 0 radical (unpaired) electrons. The molecule has 0 aromatic heterocycles. The topological polar surface area (TPSA) is 81.7 Å². The van der Waals surface area contributed by atoms with Crippen LogP contribution in [0.25, 0.3) is 0 Å². The third-order valence-corrected chi connectivity index (χ3v) is 5.74. The number of methoxy groups -OCH3 is 1.